The van der Waals surface area contributed by atoms with E-state index in [1.54, 1.807) is 18.2 Å². The van der Waals surface area contributed by atoms with Crippen LogP contribution in [0.1, 0.15) is 18.0 Å². The van der Waals surface area contributed by atoms with Crippen LogP contribution in [0.4, 0.5) is 0 Å². The largest absolute Gasteiger partial charge is 0.469 e. The molecule has 1 saturated heterocycles. The van der Waals surface area contributed by atoms with Gasteiger partial charge in [-0.1, -0.05) is 29.3 Å². The summed E-state index contributed by atoms with van der Waals surface area (Å²) in [6.45, 7) is 0.756. The van der Waals surface area contributed by atoms with Crippen molar-refractivity contribution in [2.75, 3.05) is 13.7 Å². The normalized spacial score (nSPS) is 23.7. The second-order valence-corrected chi connectivity index (χ2v) is 4.80. The molecule has 0 aromatic heterocycles. The van der Waals surface area contributed by atoms with Crippen LogP contribution in [-0.2, 0) is 9.53 Å². The number of rotatable bonds is 2. The topological polar surface area (TPSA) is 38.3 Å². The lowest BCUT2D eigenvalue weighted by Crippen LogP contribution is -2.25. The lowest BCUT2D eigenvalue weighted by atomic mass is 9.94. The van der Waals surface area contributed by atoms with Gasteiger partial charge in [-0.05, 0) is 25.1 Å². The molecular weight excluding hydrogens is 261 g/mol. The third-order valence-corrected chi connectivity index (χ3v) is 3.70. The van der Waals surface area contributed by atoms with Crippen molar-refractivity contribution in [1.82, 2.24) is 5.32 Å². The zero-order valence-electron chi connectivity index (χ0n) is 9.37. The van der Waals surface area contributed by atoms with E-state index in [0.29, 0.717) is 10.0 Å². The van der Waals surface area contributed by atoms with Gasteiger partial charge in [0.05, 0.1) is 13.0 Å². The van der Waals surface area contributed by atoms with Gasteiger partial charge in [0.1, 0.15) is 0 Å². The van der Waals surface area contributed by atoms with Gasteiger partial charge < -0.3 is 10.1 Å². The first-order valence-electron chi connectivity index (χ1n) is 5.40. The Morgan fingerprint density at radius 1 is 1.41 bits per heavy atom. The predicted molar refractivity (Wildman–Crippen MR) is 67.3 cm³/mol. The van der Waals surface area contributed by atoms with Crippen LogP contribution in [-0.4, -0.2) is 19.6 Å². The summed E-state index contributed by atoms with van der Waals surface area (Å²) in [7, 11) is 1.39. The Labute approximate surface area is 110 Å². The van der Waals surface area contributed by atoms with Gasteiger partial charge in [-0.25, -0.2) is 0 Å². The minimum absolute atomic E-state index is 0.163. The minimum Gasteiger partial charge on any atom is -0.469 e. The summed E-state index contributed by atoms with van der Waals surface area (Å²) in [5.74, 6) is -0.451. The molecule has 1 aliphatic rings. The molecule has 2 rings (SSSR count). The molecule has 17 heavy (non-hydrogen) atoms. The summed E-state index contributed by atoms with van der Waals surface area (Å²) in [5.41, 5.74) is 0.781. The molecule has 92 valence electrons. The molecule has 3 nitrogen and oxygen atoms in total. The summed E-state index contributed by atoms with van der Waals surface area (Å²) >= 11 is 12.3. The van der Waals surface area contributed by atoms with E-state index in [9.17, 15) is 4.79 Å². The van der Waals surface area contributed by atoms with E-state index in [1.165, 1.54) is 7.11 Å². The highest BCUT2D eigenvalue weighted by Crippen LogP contribution is 2.38. The predicted octanol–water partition coefficient (Wildman–Crippen LogP) is 2.82. The van der Waals surface area contributed by atoms with Gasteiger partial charge in [-0.2, -0.15) is 0 Å². The van der Waals surface area contributed by atoms with Crippen LogP contribution in [0.2, 0.25) is 10.0 Å². The molecule has 5 heteroatoms. The van der Waals surface area contributed by atoms with E-state index in [1.807, 2.05) is 0 Å². The van der Waals surface area contributed by atoms with Crippen molar-refractivity contribution in [1.29, 1.82) is 0 Å². The van der Waals surface area contributed by atoms with Crippen LogP contribution in [0.25, 0.3) is 0 Å². The van der Waals surface area contributed by atoms with Crippen LogP contribution in [0, 0.1) is 5.92 Å². The molecule has 1 heterocycles. The maximum absolute atomic E-state index is 11.7. The van der Waals surface area contributed by atoms with Crippen molar-refractivity contribution in [3.05, 3.63) is 33.8 Å². The highest BCUT2D eigenvalue weighted by molar-refractivity contribution is 6.36. The first-order chi connectivity index (χ1) is 8.15. The zero-order valence-corrected chi connectivity index (χ0v) is 10.9. The summed E-state index contributed by atoms with van der Waals surface area (Å²) in [5, 5.41) is 4.40. The molecule has 0 spiro atoms. The zero-order chi connectivity index (χ0) is 12.4. The monoisotopic (exact) mass is 273 g/mol. The summed E-state index contributed by atoms with van der Waals surface area (Å²) in [4.78, 5) is 11.7. The van der Waals surface area contributed by atoms with Gasteiger partial charge in [0.2, 0.25) is 0 Å². The molecule has 0 bridgehead atoms. The Morgan fingerprint density at radius 3 is 2.65 bits per heavy atom. The number of carbonyl (C=O) groups is 1. The summed E-state index contributed by atoms with van der Waals surface area (Å²) in [6, 6.07) is 5.17. The van der Waals surface area contributed by atoms with E-state index in [4.69, 9.17) is 27.9 Å². The highest BCUT2D eigenvalue weighted by atomic mass is 35.5. The van der Waals surface area contributed by atoms with Gasteiger partial charge in [0.15, 0.2) is 0 Å². The Bertz CT molecular complexity index is 416. The Kier molecular flexibility index (Phi) is 3.92. The van der Waals surface area contributed by atoms with Crippen LogP contribution in [0.5, 0.6) is 0 Å². The first-order valence-corrected chi connectivity index (χ1v) is 6.16. The molecule has 1 aromatic rings. The van der Waals surface area contributed by atoms with Crippen LogP contribution in [0.3, 0.4) is 0 Å². The average molecular weight is 274 g/mol. The van der Waals surface area contributed by atoms with Crippen LogP contribution < -0.4 is 5.32 Å². The smallest absolute Gasteiger partial charge is 0.310 e. The van der Waals surface area contributed by atoms with Crippen LogP contribution >= 0.6 is 23.2 Å². The number of carbonyl (C=O) groups excluding carboxylic acids is 1. The van der Waals surface area contributed by atoms with Gasteiger partial charge in [-0.15, -0.1) is 0 Å². The number of benzene rings is 1. The van der Waals surface area contributed by atoms with Crippen molar-refractivity contribution in [2.45, 2.75) is 12.5 Å². The number of methoxy groups -OCH3 is 1. The molecule has 2 atom stereocenters. The molecule has 0 saturated carbocycles. The summed E-state index contributed by atoms with van der Waals surface area (Å²) < 4.78 is 4.80. The van der Waals surface area contributed by atoms with E-state index in [2.05, 4.69) is 5.32 Å². The quantitative estimate of drug-likeness (QED) is 0.843. The van der Waals surface area contributed by atoms with E-state index >= 15 is 0 Å². The Morgan fingerprint density at radius 2 is 2.06 bits per heavy atom. The van der Waals surface area contributed by atoms with Crippen molar-refractivity contribution < 1.29 is 9.53 Å². The fourth-order valence-electron chi connectivity index (χ4n) is 2.22. The minimum atomic E-state index is -0.226. The number of hydrogen-bond acceptors (Lipinski definition) is 3. The molecule has 0 aliphatic carbocycles. The standard InChI is InChI=1S/C12H13Cl2NO2/c1-17-12(16)7-5-6-15-11(7)10-8(13)3-2-4-9(10)14/h2-4,7,11,15H,5-6H2,1H3. The highest BCUT2D eigenvalue weighted by Gasteiger charge is 2.36. The second-order valence-electron chi connectivity index (χ2n) is 3.99. The molecular formula is C12H13Cl2NO2. The first kappa shape index (κ1) is 12.7. The molecule has 0 amide bonds. The number of hydrogen-bond donors (Lipinski definition) is 1. The SMILES string of the molecule is COC(=O)C1CCNC1c1c(Cl)cccc1Cl. The average Bonchev–Trinajstić information content (AvgIpc) is 2.77. The molecule has 1 N–H and O–H groups in total. The second kappa shape index (κ2) is 5.25. The number of halogens is 2. The van der Waals surface area contributed by atoms with E-state index < -0.39 is 0 Å². The number of nitrogens with one attached hydrogen (secondary N) is 1. The van der Waals surface area contributed by atoms with Crippen LogP contribution in [0.15, 0.2) is 18.2 Å². The Hall–Kier alpha value is -0.770. The number of esters is 1. The fraction of sp³-hybridized carbons (Fsp3) is 0.417. The maximum atomic E-state index is 11.7. The molecule has 1 aliphatic heterocycles. The molecule has 0 radical (unpaired) electrons. The molecule has 1 fully saturated rings. The maximum Gasteiger partial charge on any atom is 0.310 e. The van der Waals surface area contributed by atoms with Crippen molar-refractivity contribution >= 4 is 29.2 Å². The van der Waals surface area contributed by atoms with Gasteiger partial charge in [0.25, 0.3) is 0 Å². The lowest BCUT2D eigenvalue weighted by Gasteiger charge is -2.20. The Balaban J connectivity index is 2.36. The van der Waals surface area contributed by atoms with E-state index in [-0.39, 0.29) is 17.9 Å². The van der Waals surface area contributed by atoms with Crippen molar-refractivity contribution in [2.24, 2.45) is 5.92 Å². The van der Waals surface area contributed by atoms with Gasteiger partial charge in [0, 0.05) is 21.7 Å². The van der Waals surface area contributed by atoms with Crippen molar-refractivity contribution in [3.63, 3.8) is 0 Å². The third kappa shape index (κ3) is 2.41. The van der Waals surface area contributed by atoms with Gasteiger partial charge >= 0.3 is 5.97 Å². The molecule has 1 aromatic carbocycles. The van der Waals surface area contributed by atoms with Gasteiger partial charge in [-0.3, -0.25) is 4.79 Å². The van der Waals surface area contributed by atoms with Crippen molar-refractivity contribution in [3.8, 4) is 0 Å². The third-order valence-electron chi connectivity index (χ3n) is 3.04. The lowest BCUT2D eigenvalue weighted by molar-refractivity contribution is -0.145. The number of ether oxygens (including phenoxy) is 1. The van der Waals surface area contributed by atoms with E-state index in [0.717, 1.165) is 18.5 Å². The molecule has 2 unspecified atom stereocenters. The fourth-order valence-corrected chi connectivity index (χ4v) is 2.85. The summed E-state index contributed by atoms with van der Waals surface area (Å²) in [6.07, 6.45) is 0.735.